The molecule has 0 aliphatic rings. The highest BCUT2D eigenvalue weighted by molar-refractivity contribution is 9.10. The van der Waals surface area contributed by atoms with Gasteiger partial charge in [0, 0.05) is 15.4 Å². The zero-order valence-electron chi connectivity index (χ0n) is 11.1. The summed E-state index contributed by atoms with van der Waals surface area (Å²) in [6.07, 6.45) is 0. The summed E-state index contributed by atoms with van der Waals surface area (Å²) >= 11 is 9.77. The van der Waals surface area contributed by atoms with Crippen molar-refractivity contribution in [1.29, 1.82) is 0 Å². The number of rotatable bonds is 1. The Hall–Kier alpha value is -1.45. The molecule has 0 spiro atoms. The van der Waals surface area contributed by atoms with E-state index < -0.39 is 0 Å². The molecule has 0 unspecified atom stereocenters. The molecule has 20 heavy (non-hydrogen) atoms. The van der Waals surface area contributed by atoms with Gasteiger partial charge in [0.2, 0.25) is 0 Å². The lowest BCUT2D eigenvalue weighted by molar-refractivity contribution is 1.20. The summed E-state index contributed by atoms with van der Waals surface area (Å²) in [6, 6.07) is 12.0. The molecule has 0 aliphatic carbocycles. The van der Waals surface area contributed by atoms with E-state index in [0.29, 0.717) is 11.0 Å². The van der Waals surface area contributed by atoms with Crippen LogP contribution in [0.25, 0.3) is 22.3 Å². The second-order valence-electron chi connectivity index (χ2n) is 4.77. The van der Waals surface area contributed by atoms with Gasteiger partial charge in [-0.05, 0) is 43.2 Å². The lowest BCUT2D eigenvalue weighted by Gasteiger charge is -2.10. The zero-order valence-corrected chi connectivity index (χ0v) is 13.5. The van der Waals surface area contributed by atoms with Crippen molar-refractivity contribution in [3.63, 3.8) is 0 Å². The molecule has 2 nitrogen and oxygen atoms in total. The van der Waals surface area contributed by atoms with Gasteiger partial charge in [-0.3, -0.25) is 0 Å². The van der Waals surface area contributed by atoms with Gasteiger partial charge in [0.25, 0.3) is 0 Å². The summed E-state index contributed by atoms with van der Waals surface area (Å²) in [5.41, 5.74) is 4.19. The van der Waals surface area contributed by atoms with Crippen molar-refractivity contribution in [3.05, 3.63) is 57.2 Å². The van der Waals surface area contributed by atoms with Crippen LogP contribution in [0, 0.1) is 13.8 Å². The van der Waals surface area contributed by atoms with E-state index in [-0.39, 0.29) is 0 Å². The van der Waals surface area contributed by atoms with Gasteiger partial charge < -0.3 is 0 Å². The topological polar surface area (TPSA) is 25.8 Å². The summed E-state index contributed by atoms with van der Waals surface area (Å²) in [5.74, 6) is 0.677. The van der Waals surface area contributed by atoms with Gasteiger partial charge in [-0.25, -0.2) is 9.97 Å². The molecular weight excluding hydrogens is 336 g/mol. The maximum atomic E-state index is 6.30. The highest BCUT2D eigenvalue weighted by Gasteiger charge is 2.12. The molecule has 2 aromatic carbocycles. The van der Waals surface area contributed by atoms with Gasteiger partial charge >= 0.3 is 0 Å². The average Bonchev–Trinajstić information content (AvgIpc) is 2.38. The minimum atomic E-state index is 0.486. The first-order chi connectivity index (χ1) is 9.56. The molecule has 0 saturated carbocycles. The van der Waals surface area contributed by atoms with E-state index >= 15 is 0 Å². The largest absolute Gasteiger partial charge is 0.228 e. The van der Waals surface area contributed by atoms with E-state index in [9.17, 15) is 0 Å². The lowest BCUT2D eigenvalue weighted by atomic mass is 10.0. The van der Waals surface area contributed by atoms with Crippen LogP contribution >= 0.6 is 27.5 Å². The fourth-order valence-corrected chi connectivity index (χ4v) is 2.93. The van der Waals surface area contributed by atoms with E-state index in [1.54, 1.807) is 0 Å². The first kappa shape index (κ1) is 13.5. The Morgan fingerprint density at radius 2 is 1.70 bits per heavy atom. The number of halogens is 2. The third kappa shape index (κ3) is 2.32. The highest BCUT2D eigenvalue weighted by atomic mass is 79.9. The quantitative estimate of drug-likeness (QED) is 0.556. The first-order valence-corrected chi connectivity index (χ1v) is 7.43. The Labute approximate surface area is 131 Å². The van der Waals surface area contributed by atoms with Gasteiger partial charge in [-0.15, -0.1) is 0 Å². The van der Waals surface area contributed by atoms with E-state index in [1.165, 1.54) is 0 Å². The minimum absolute atomic E-state index is 0.486. The molecule has 0 radical (unpaired) electrons. The zero-order chi connectivity index (χ0) is 14.3. The molecule has 0 atom stereocenters. The van der Waals surface area contributed by atoms with Crippen molar-refractivity contribution >= 4 is 38.4 Å². The number of aryl methyl sites for hydroxylation is 2. The van der Waals surface area contributed by atoms with E-state index in [4.69, 9.17) is 11.6 Å². The highest BCUT2D eigenvalue weighted by Crippen LogP contribution is 2.29. The maximum absolute atomic E-state index is 6.30. The molecule has 0 N–H and O–H groups in total. The van der Waals surface area contributed by atoms with Crippen molar-refractivity contribution in [2.75, 3.05) is 0 Å². The van der Waals surface area contributed by atoms with Crippen LogP contribution < -0.4 is 0 Å². The third-order valence-corrected chi connectivity index (χ3v) is 4.10. The van der Waals surface area contributed by atoms with Gasteiger partial charge in [0.05, 0.1) is 5.52 Å². The Balaban J connectivity index is 2.32. The van der Waals surface area contributed by atoms with Gasteiger partial charge in [0.1, 0.15) is 5.15 Å². The fraction of sp³-hybridized carbons (Fsp3) is 0.125. The monoisotopic (exact) mass is 346 g/mol. The standard InChI is InChI=1S/C16H12BrClN2/c1-9-4-3-5-10(2)14(9)16-19-13-8-11(17)6-7-12(13)15(18)20-16/h3-8H,1-2H3. The number of hydrogen-bond acceptors (Lipinski definition) is 2. The number of aromatic nitrogens is 2. The Morgan fingerprint density at radius 1 is 1.00 bits per heavy atom. The Bertz CT molecular complexity index is 795. The van der Waals surface area contributed by atoms with Crippen LogP contribution in [-0.2, 0) is 0 Å². The number of benzene rings is 2. The van der Waals surface area contributed by atoms with Crippen molar-refractivity contribution < 1.29 is 0 Å². The van der Waals surface area contributed by atoms with Crippen LogP contribution in [0.4, 0.5) is 0 Å². The smallest absolute Gasteiger partial charge is 0.162 e. The fourth-order valence-electron chi connectivity index (χ4n) is 2.34. The number of hydrogen-bond donors (Lipinski definition) is 0. The van der Waals surface area contributed by atoms with Crippen molar-refractivity contribution in [2.24, 2.45) is 0 Å². The summed E-state index contributed by atoms with van der Waals surface area (Å²) in [5, 5.41) is 1.35. The normalized spacial score (nSPS) is 11.0. The SMILES string of the molecule is Cc1cccc(C)c1-c1nc(Cl)c2ccc(Br)cc2n1. The molecular formula is C16H12BrClN2. The molecule has 0 aliphatic heterocycles. The maximum Gasteiger partial charge on any atom is 0.162 e. The van der Waals surface area contributed by atoms with Crippen molar-refractivity contribution in [2.45, 2.75) is 13.8 Å². The predicted octanol–water partition coefficient (Wildman–Crippen LogP) is 5.33. The van der Waals surface area contributed by atoms with Crippen LogP contribution in [0.1, 0.15) is 11.1 Å². The van der Waals surface area contributed by atoms with Gasteiger partial charge in [0.15, 0.2) is 5.82 Å². The Morgan fingerprint density at radius 3 is 2.40 bits per heavy atom. The first-order valence-electron chi connectivity index (χ1n) is 6.25. The van der Waals surface area contributed by atoms with Crippen LogP contribution in [0.15, 0.2) is 40.9 Å². The minimum Gasteiger partial charge on any atom is -0.228 e. The molecule has 100 valence electrons. The summed E-state index contributed by atoms with van der Waals surface area (Å²) in [6.45, 7) is 4.12. The van der Waals surface area contributed by atoms with E-state index in [0.717, 1.165) is 32.1 Å². The summed E-state index contributed by atoms with van der Waals surface area (Å²) in [7, 11) is 0. The third-order valence-electron chi connectivity index (χ3n) is 3.32. The number of fused-ring (bicyclic) bond motifs is 1. The average molecular weight is 348 g/mol. The molecule has 0 saturated heterocycles. The molecule has 4 heteroatoms. The lowest BCUT2D eigenvalue weighted by Crippen LogP contribution is -1.96. The molecule has 3 rings (SSSR count). The van der Waals surface area contributed by atoms with Crippen LogP contribution in [0.5, 0.6) is 0 Å². The molecule has 0 fully saturated rings. The van der Waals surface area contributed by atoms with Crippen LogP contribution in [0.2, 0.25) is 5.15 Å². The van der Waals surface area contributed by atoms with E-state index in [2.05, 4.69) is 51.9 Å². The molecule has 0 amide bonds. The summed E-state index contributed by atoms with van der Waals surface area (Å²) in [4.78, 5) is 9.13. The second-order valence-corrected chi connectivity index (χ2v) is 6.04. The number of nitrogens with zero attached hydrogens (tertiary/aromatic N) is 2. The Kier molecular flexibility index (Phi) is 3.48. The second kappa shape index (κ2) is 5.15. The van der Waals surface area contributed by atoms with Crippen LogP contribution in [-0.4, -0.2) is 9.97 Å². The predicted molar refractivity (Wildman–Crippen MR) is 87.2 cm³/mol. The molecule has 3 aromatic rings. The molecule has 1 heterocycles. The van der Waals surface area contributed by atoms with E-state index in [1.807, 2.05) is 24.3 Å². The molecule has 1 aromatic heterocycles. The van der Waals surface area contributed by atoms with Crippen molar-refractivity contribution in [3.8, 4) is 11.4 Å². The van der Waals surface area contributed by atoms with Gasteiger partial charge in [-0.2, -0.15) is 0 Å². The summed E-state index contributed by atoms with van der Waals surface area (Å²) < 4.78 is 0.979. The van der Waals surface area contributed by atoms with Crippen molar-refractivity contribution in [1.82, 2.24) is 9.97 Å². The van der Waals surface area contributed by atoms with Crippen LogP contribution in [0.3, 0.4) is 0 Å². The van der Waals surface area contributed by atoms with Gasteiger partial charge in [-0.1, -0.05) is 45.7 Å². The molecule has 0 bridgehead atoms.